The Kier molecular flexibility index (Phi) is 4.68. The highest BCUT2D eigenvalue weighted by molar-refractivity contribution is 5.79. The molecular formula is C21H18F3N5O3. The summed E-state index contributed by atoms with van der Waals surface area (Å²) in [6, 6.07) is 10.7. The van der Waals surface area contributed by atoms with Gasteiger partial charge in [0.25, 0.3) is 6.02 Å². The van der Waals surface area contributed by atoms with Crippen molar-refractivity contribution >= 4 is 23.4 Å². The van der Waals surface area contributed by atoms with Crippen molar-refractivity contribution in [1.29, 1.82) is 0 Å². The van der Waals surface area contributed by atoms with Crippen LogP contribution in [0.15, 0.2) is 45.8 Å². The smallest absolute Gasteiger partial charge is 0.470 e. The molecule has 8 nitrogen and oxygen atoms in total. The number of benzene rings is 2. The Morgan fingerprint density at radius 3 is 2.78 bits per heavy atom. The number of anilines is 2. The average molecular weight is 445 g/mol. The average Bonchev–Trinajstić information content (AvgIpc) is 3.40. The van der Waals surface area contributed by atoms with Crippen LogP contribution < -0.4 is 15.8 Å². The lowest BCUT2D eigenvalue weighted by Gasteiger charge is -2.30. The molecule has 0 saturated carbocycles. The van der Waals surface area contributed by atoms with E-state index in [0.29, 0.717) is 11.4 Å². The van der Waals surface area contributed by atoms with Gasteiger partial charge in [0, 0.05) is 22.7 Å². The van der Waals surface area contributed by atoms with E-state index in [2.05, 4.69) is 31.0 Å². The molecule has 3 N–H and O–H groups in total. The number of aryl methyl sites for hydroxylation is 1. The number of aromatic nitrogens is 2. The highest BCUT2D eigenvalue weighted by atomic mass is 19.4. The maximum absolute atomic E-state index is 12.7. The fourth-order valence-electron chi connectivity index (χ4n) is 4.28. The van der Waals surface area contributed by atoms with E-state index in [4.69, 9.17) is 15.2 Å². The summed E-state index contributed by atoms with van der Waals surface area (Å²) < 4.78 is 54.4. The third-order valence-electron chi connectivity index (χ3n) is 5.57. The van der Waals surface area contributed by atoms with Gasteiger partial charge < -0.3 is 24.9 Å². The van der Waals surface area contributed by atoms with Crippen LogP contribution in [0.2, 0.25) is 0 Å². The van der Waals surface area contributed by atoms with Crippen LogP contribution >= 0.6 is 0 Å². The largest absolute Gasteiger partial charge is 0.496 e. The van der Waals surface area contributed by atoms with Crippen LogP contribution in [-0.4, -0.2) is 23.3 Å². The zero-order valence-electron chi connectivity index (χ0n) is 16.8. The SMILES string of the molecule is COc1cccc2c1C(C1OC(N)=Nc3ccc(Nc4nnc(C(F)(F)F)o4)cc31)CC2. The van der Waals surface area contributed by atoms with E-state index in [1.165, 1.54) is 5.56 Å². The molecule has 0 fully saturated rings. The van der Waals surface area contributed by atoms with Gasteiger partial charge in [0.05, 0.1) is 12.8 Å². The number of methoxy groups -OCH3 is 1. The predicted molar refractivity (Wildman–Crippen MR) is 108 cm³/mol. The van der Waals surface area contributed by atoms with Gasteiger partial charge in [-0.2, -0.15) is 18.2 Å². The first kappa shape index (κ1) is 20.2. The monoisotopic (exact) mass is 445 g/mol. The maximum atomic E-state index is 12.7. The van der Waals surface area contributed by atoms with Gasteiger partial charge >= 0.3 is 18.1 Å². The molecule has 2 atom stereocenters. The Labute approximate surface area is 180 Å². The van der Waals surface area contributed by atoms with Gasteiger partial charge in [-0.3, -0.25) is 0 Å². The van der Waals surface area contributed by atoms with Gasteiger partial charge in [0.1, 0.15) is 11.9 Å². The summed E-state index contributed by atoms with van der Waals surface area (Å²) in [6.45, 7) is 0. The van der Waals surface area contributed by atoms with Crippen molar-refractivity contribution in [3.63, 3.8) is 0 Å². The predicted octanol–water partition coefficient (Wildman–Crippen LogP) is 4.59. The van der Waals surface area contributed by atoms with Crippen molar-refractivity contribution in [3.05, 3.63) is 59.0 Å². The molecule has 1 aliphatic carbocycles. The normalized spacial score (nSPS) is 19.6. The zero-order chi connectivity index (χ0) is 22.5. The summed E-state index contributed by atoms with van der Waals surface area (Å²) in [5.74, 6) is -0.688. The minimum Gasteiger partial charge on any atom is -0.496 e. The van der Waals surface area contributed by atoms with E-state index in [1.54, 1.807) is 25.3 Å². The molecule has 2 heterocycles. The number of rotatable bonds is 4. The molecule has 0 amide bonds. The Morgan fingerprint density at radius 2 is 2.03 bits per heavy atom. The molecule has 2 aromatic carbocycles. The standard InChI is InChI=1S/C21H18F3N5O3/c1-30-15-4-2-3-10-5-7-12(16(10)15)17-13-9-11(6-8-14(13)27-19(25)31-17)26-20-29-28-18(32-20)21(22,23)24/h2-4,6,8-9,12,17H,5,7H2,1H3,(H2,25,27)(H,26,29). The van der Waals surface area contributed by atoms with Gasteiger partial charge in [-0.25, -0.2) is 0 Å². The van der Waals surface area contributed by atoms with Crippen molar-refractivity contribution in [2.24, 2.45) is 10.7 Å². The molecule has 5 rings (SSSR count). The molecule has 0 saturated heterocycles. The fourth-order valence-corrected chi connectivity index (χ4v) is 4.28. The van der Waals surface area contributed by atoms with Crippen LogP contribution in [0.5, 0.6) is 5.75 Å². The highest BCUT2D eigenvalue weighted by Crippen LogP contribution is 2.50. The summed E-state index contributed by atoms with van der Waals surface area (Å²) in [5, 5.41) is 9.14. The van der Waals surface area contributed by atoms with E-state index < -0.39 is 18.2 Å². The summed E-state index contributed by atoms with van der Waals surface area (Å²) in [7, 11) is 1.62. The number of nitrogens with zero attached hydrogens (tertiary/aromatic N) is 3. The molecular weight excluding hydrogens is 427 g/mol. The summed E-state index contributed by atoms with van der Waals surface area (Å²) in [6.07, 6.45) is -3.48. The van der Waals surface area contributed by atoms with Gasteiger partial charge in [-0.1, -0.05) is 17.2 Å². The maximum Gasteiger partial charge on any atom is 0.470 e. The lowest BCUT2D eigenvalue weighted by atomic mass is 9.88. The first-order valence-corrected chi connectivity index (χ1v) is 9.82. The molecule has 166 valence electrons. The Hall–Kier alpha value is -3.76. The number of nitrogens with two attached hydrogens (primary N) is 1. The molecule has 3 aromatic rings. The molecule has 1 aliphatic heterocycles. The second-order valence-corrected chi connectivity index (χ2v) is 7.48. The fraction of sp³-hybridized carbons (Fsp3) is 0.286. The van der Waals surface area contributed by atoms with Crippen molar-refractivity contribution in [2.45, 2.75) is 31.0 Å². The van der Waals surface area contributed by atoms with Crippen LogP contribution in [0.3, 0.4) is 0 Å². The summed E-state index contributed by atoms with van der Waals surface area (Å²) >= 11 is 0. The van der Waals surface area contributed by atoms with E-state index >= 15 is 0 Å². The van der Waals surface area contributed by atoms with Crippen LogP contribution in [0, 0.1) is 0 Å². The van der Waals surface area contributed by atoms with Gasteiger partial charge in [-0.05, 0) is 42.7 Å². The molecule has 2 aliphatic rings. The molecule has 0 bridgehead atoms. The first-order valence-electron chi connectivity index (χ1n) is 9.82. The second-order valence-electron chi connectivity index (χ2n) is 7.48. The highest BCUT2D eigenvalue weighted by Gasteiger charge is 2.39. The lowest BCUT2D eigenvalue weighted by Crippen LogP contribution is -2.26. The van der Waals surface area contributed by atoms with E-state index in [1.807, 2.05) is 12.1 Å². The van der Waals surface area contributed by atoms with Gasteiger partial charge in [0.15, 0.2) is 0 Å². The quantitative estimate of drug-likeness (QED) is 0.605. The third kappa shape index (κ3) is 3.49. The zero-order valence-corrected chi connectivity index (χ0v) is 16.8. The van der Waals surface area contributed by atoms with Crippen LogP contribution in [0.1, 0.15) is 41.0 Å². The number of nitrogens with one attached hydrogen (secondary N) is 1. The number of hydrogen-bond acceptors (Lipinski definition) is 8. The van der Waals surface area contributed by atoms with E-state index in [0.717, 1.165) is 29.7 Å². The Bertz CT molecular complexity index is 1210. The van der Waals surface area contributed by atoms with E-state index in [-0.39, 0.29) is 18.0 Å². The van der Waals surface area contributed by atoms with Crippen molar-refractivity contribution in [1.82, 2.24) is 10.2 Å². The molecule has 32 heavy (non-hydrogen) atoms. The third-order valence-corrected chi connectivity index (χ3v) is 5.57. The van der Waals surface area contributed by atoms with Gasteiger partial charge in [0.2, 0.25) is 0 Å². The molecule has 0 radical (unpaired) electrons. The van der Waals surface area contributed by atoms with Crippen molar-refractivity contribution in [3.8, 4) is 5.75 Å². The number of aliphatic imine (C=N–C) groups is 1. The second kappa shape index (κ2) is 7.43. The van der Waals surface area contributed by atoms with Crippen molar-refractivity contribution in [2.75, 3.05) is 12.4 Å². The number of halogens is 3. The van der Waals surface area contributed by atoms with Crippen LogP contribution in [0.25, 0.3) is 0 Å². The summed E-state index contributed by atoms with van der Waals surface area (Å²) in [4.78, 5) is 4.26. The van der Waals surface area contributed by atoms with E-state index in [9.17, 15) is 13.2 Å². The van der Waals surface area contributed by atoms with Gasteiger partial charge in [-0.15, -0.1) is 5.10 Å². The number of ether oxygens (including phenoxy) is 2. The molecule has 2 unspecified atom stereocenters. The minimum absolute atomic E-state index is 0.0376. The topological polar surface area (TPSA) is 108 Å². The van der Waals surface area contributed by atoms with Crippen LogP contribution in [-0.2, 0) is 17.3 Å². The lowest BCUT2D eigenvalue weighted by molar-refractivity contribution is -0.156. The number of alkyl halides is 3. The van der Waals surface area contributed by atoms with Crippen molar-refractivity contribution < 1.29 is 27.1 Å². The minimum atomic E-state index is -4.72. The number of fused-ring (bicyclic) bond motifs is 2. The molecule has 0 spiro atoms. The summed E-state index contributed by atoms with van der Waals surface area (Å²) in [5.41, 5.74) is 9.99. The Balaban J connectivity index is 1.50. The number of amidine groups is 1. The first-order chi connectivity index (χ1) is 15.3. The molecule has 1 aromatic heterocycles. The number of hydrogen-bond donors (Lipinski definition) is 2. The Morgan fingerprint density at radius 1 is 1.19 bits per heavy atom. The molecule has 11 heteroatoms. The van der Waals surface area contributed by atoms with Crippen LogP contribution in [0.4, 0.5) is 30.6 Å².